The summed E-state index contributed by atoms with van der Waals surface area (Å²) in [4.78, 5) is 11.5. The fourth-order valence-electron chi connectivity index (χ4n) is 1.44. The van der Waals surface area contributed by atoms with E-state index in [1.165, 1.54) is 12.1 Å². The van der Waals surface area contributed by atoms with Crippen LogP contribution in [0.1, 0.15) is 6.42 Å². The number of amides is 1. The number of halogens is 1. The Bertz CT molecular complexity index is 473. The van der Waals surface area contributed by atoms with Crippen molar-refractivity contribution in [1.29, 1.82) is 0 Å². The van der Waals surface area contributed by atoms with Gasteiger partial charge in [-0.05, 0) is 18.2 Å². The second kappa shape index (κ2) is 4.02. The van der Waals surface area contributed by atoms with Crippen molar-refractivity contribution in [2.24, 2.45) is 10.8 Å². The van der Waals surface area contributed by atoms with Gasteiger partial charge in [0, 0.05) is 0 Å². The standard InChI is InChI=1S/C10H10ClN3O2/c1-16-8-3-2-6(4-7(8)11)14-10(15)5-9(12)13-14/h2-4H,5H2,1H3,(H2,12,13). The summed E-state index contributed by atoms with van der Waals surface area (Å²) < 4.78 is 5.01. The molecule has 0 spiro atoms. The molecule has 16 heavy (non-hydrogen) atoms. The van der Waals surface area contributed by atoms with Gasteiger partial charge in [-0.3, -0.25) is 4.79 Å². The molecule has 1 aromatic carbocycles. The molecule has 0 aromatic heterocycles. The largest absolute Gasteiger partial charge is 0.495 e. The summed E-state index contributed by atoms with van der Waals surface area (Å²) in [5.41, 5.74) is 6.06. The van der Waals surface area contributed by atoms with E-state index in [2.05, 4.69) is 5.10 Å². The molecule has 84 valence electrons. The van der Waals surface area contributed by atoms with Gasteiger partial charge in [-0.15, -0.1) is 0 Å². The molecule has 0 bridgehead atoms. The van der Waals surface area contributed by atoms with E-state index in [0.717, 1.165) is 0 Å². The van der Waals surface area contributed by atoms with Crippen LogP contribution in [0.2, 0.25) is 5.02 Å². The summed E-state index contributed by atoms with van der Waals surface area (Å²) in [6.45, 7) is 0. The lowest BCUT2D eigenvalue weighted by Gasteiger charge is -2.12. The maximum atomic E-state index is 11.5. The van der Waals surface area contributed by atoms with E-state index in [4.69, 9.17) is 22.1 Å². The van der Waals surface area contributed by atoms with E-state index in [9.17, 15) is 4.79 Å². The molecular formula is C10H10ClN3O2. The van der Waals surface area contributed by atoms with E-state index in [1.54, 1.807) is 18.2 Å². The number of benzene rings is 1. The lowest BCUT2D eigenvalue weighted by molar-refractivity contribution is -0.116. The number of anilines is 1. The number of rotatable bonds is 2. The number of hydrogen-bond donors (Lipinski definition) is 1. The lowest BCUT2D eigenvalue weighted by Crippen LogP contribution is -2.19. The Morgan fingerprint density at radius 1 is 1.56 bits per heavy atom. The normalized spacial score (nSPS) is 15.2. The van der Waals surface area contributed by atoms with Crippen molar-refractivity contribution in [3.8, 4) is 5.75 Å². The first-order valence-electron chi connectivity index (χ1n) is 4.61. The molecule has 0 saturated heterocycles. The zero-order valence-corrected chi connectivity index (χ0v) is 9.36. The molecule has 1 amide bonds. The molecule has 0 fully saturated rings. The third-order valence-electron chi connectivity index (χ3n) is 2.18. The minimum Gasteiger partial charge on any atom is -0.495 e. The van der Waals surface area contributed by atoms with Gasteiger partial charge in [0.05, 0.1) is 24.2 Å². The van der Waals surface area contributed by atoms with Crippen LogP contribution in [0.5, 0.6) is 5.75 Å². The van der Waals surface area contributed by atoms with Crippen LogP contribution in [0.3, 0.4) is 0 Å². The van der Waals surface area contributed by atoms with Gasteiger partial charge >= 0.3 is 0 Å². The molecule has 1 aromatic rings. The van der Waals surface area contributed by atoms with Crippen molar-refractivity contribution in [2.45, 2.75) is 6.42 Å². The number of nitrogens with zero attached hydrogens (tertiary/aromatic N) is 2. The molecule has 0 saturated carbocycles. The molecule has 0 unspecified atom stereocenters. The van der Waals surface area contributed by atoms with Gasteiger partial charge in [0.1, 0.15) is 11.6 Å². The predicted octanol–water partition coefficient (Wildman–Crippen LogP) is 1.36. The van der Waals surface area contributed by atoms with Gasteiger partial charge in [0.25, 0.3) is 5.91 Å². The molecule has 0 aliphatic carbocycles. The van der Waals surface area contributed by atoms with Crippen LogP contribution in [0.15, 0.2) is 23.3 Å². The minimum atomic E-state index is -0.168. The number of hydrazone groups is 1. The third-order valence-corrected chi connectivity index (χ3v) is 2.47. The fraction of sp³-hybridized carbons (Fsp3) is 0.200. The van der Waals surface area contributed by atoms with Crippen molar-refractivity contribution >= 4 is 29.0 Å². The first-order valence-corrected chi connectivity index (χ1v) is 4.99. The molecule has 0 atom stereocenters. The second-order valence-corrected chi connectivity index (χ2v) is 3.70. The zero-order valence-electron chi connectivity index (χ0n) is 8.61. The maximum Gasteiger partial charge on any atom is 0.255 e. The number of carbonyl (C=O) groups is 1. The Labute approximate surface area is 97.4 Å². The number of amidine groups is 1. The highest BCUT2D eigenvalue weighted by molar-refractivity contribution is 6.32. The monoisotopic (exact) mass is 239 g/mol. The highest BCUT2D eigenvalue weighted by atomic mass is 35.5. The number of methoxy groups -OCH3 is 1. The number of ether oxygens (including phenoxy) is 1. The molecule has 2 N–H and O–H groups in total. The molecular weight excluding hydrogens is 230 g/mol. The molecule has 1 heterocycles. The number of nitrogens with two attached hydrogens (primary N) is 1. The van der Waals surface area contributed by atoms with Crippen LogP contribution >= 0.6 is 11.6 Å². The Hall–Kier alpha value is -1.75. The van der Waals surface area contributed by atoms with Gasteiger partial charge in [0.2, 0.25) is 0 Å². The Kier molecular flexibility index (Phi) is 2.70. The van der Waals surface area contributed by atoms with Crippen molar-refractivity contribution in [1.82, 2.24) is 0 Å². The minimum absolute atomic E-state index is 0.143. The molecule has 1 aliphatic heterocycles. The van der Waals surface area contributed by atoms with E-state index < -0.39 is 0 Å². The average molecular weight is 240 g/mol. The van der Waals surface area contributed by atoms with Gasteiger partial charge < -0.3 is 10.5 Å². The van der Waals surface area contributed by atoms with Crippen molar-refractivity contribution < 1.29 is 9.53 Å². The van der Waals surface area contributed by atoms with Gasteiger partial charge in [-0.25, -0.2) is 0 Å². The average Bonchev–Trinajstić information content (AvgIpc) is 2.58. The van der Waals surface area contributed by atoms with Crippen LogP contribution in [0.4, 0.5) is 5.69 Å². The van der Waals surface area contributed by atoms with Gasteiger partial charge in [-0.2, -0.15) is 10.1 Å². The van der Waals surface area contributed by atoms with Crippen LogP contribution in [-0.2, 0) is 4.79 Å². The van der Waals surface area contributed by atoms with E-state index in [0.29, 0.717) is 22.3 Å². The molecule has 5 nitrogen and oxygen atoms in total. The van der Waals surface area contributed by atoms with Gasteiger partial charge in [0.15, 0.2) is 0 Å². The highest BCUT2D eigenvalue weighted by Gasteiger charge is 2.23. The molecule has 6 heteroatoms. The van der Waals surface area contributed by atoms with E-state index >= 15 is 0 Å². The quantitative estimate of drug-likeness (QED) is 0.847. The topological polar surface area (TPSA) is 67.9 Å². The summed E-state index contributed by atoms with van der Waals surface area (Å²) in [5, 5.41) is 5.58. The fourth-order valence-corrected chi connectivity index (χ4v) is 1.69. The van der Waals surface area contributed by atoms with Crippen LogP contribution in [-0.4, -0.2) is 18.9 Å². The summed E-state index contributed by atoms with van der Waals surface area (Å²) in [6, 6.07) is 4.99. The first kappa shape index (κ1) is 10.8. The molecule has 2 rings (SSSR count). The SMILES string of the molecule is COc1ccc(N2N=C(N)CC2=O)cc1Cl. The predicted molar refractivity (Wildman–Crippen MR) is 61.7 cm³/mol. The third kappa shape index (κ3) is 1.81. The Morgan fingerprint density at radius 3 is 2.81 bits per heavy atom. The summed E-state index contributed by atoms with van der Waals surface area (Å²) in [5.74, 6) is 0.685. The van der Waals surface area contributed by atoms with Crippen LogP contribution in [0.25, 0.3) is 0 Å². The number of carbonyl (C=O) groups excluding carboxylic acids is 1. The van der Waals surface area contributed by atoms with Crippen molar-refractivity contribution in [3.63, 3.8) is 0 Å². The second-order valence-electron chi connectivity index (χ2n) is 3.29. The maximum absolute atomic E-state index is 11.5. The van der Waals surface area contributed by atoms with Crippen molar-refractivity contribution in [2.75, 3.05) is 12.1 Å². The lowest BCUT2D eigenvalue weighted by atomic mass is 10.3. The van der Waals surface area contributed by atoms with Crippen LogP contribution < -0.4 is 15.5 Å². The van der Waals surface area contributed by atoms with E-state index in [-0.39, 0.29) is 12.3 Å². The van der Waals surface area contributed by atoms with E-state index in [1.807, 2.05) is 0 Å². The smallest absolute Gasteiger partial charge is 0.255 e. The first-order chi connectivity index (χ1) is 7.61. The Morgan fingerprint density at radius 2 is 2.31 bits per heavy atom. The molecule has 1 aliphatic rings. The summed E-state index contributed by atoms with van der Waals surface area (Å²) >= 11 is 5.95. The zero-order chi connectivity index (χ0) is 11.7. The number of hydrogen-bond acceptors (Lipinski definition) is 4. The summed E-state index contributed by atoms with van der Waals surface area (Å²) in [6.07, 6.45) is 0.143. The highest BCUT2D eigenvalue weighted by Crippen LogP contribution is 2.30. The van der Waals surface area contributed by atoms with Crippen LogP contribution in [0, 0.1) is 0 Å². The molecule has 0 radical (unpaired) electrons. The Balaban J connectivity index is 2.35. The summed E-state index contributed by atoms with van der Waals surface area (Å²) in [7, 11) is 1.53. The van der Waals surface area contributed by atoms with Gasteiger partial charge in [-0.1, -0.05) is 11.6 Å². The van der Waals surface area contributed by atoms with Crippen molar-refractivity contribution in [3.05, 3.63) is 23.2 Å².